The molecule has 0 saturated carbocycles. The van der Waals surface area contributed by atoms with Gasteiger partial charge in [-0.1, -0.05) is 39.6 Å². The summed E-state index contributed by atoms with van der Waals surface area (Å²) in [6.45, 7) is 14.6. The van der Waals surface area contributed by atoms with E-state index >= 15 is 0 Å². The molecule has 0 rings (SSSR count). The summed E-state index contributed by atoms with van der Waals surface area (Å²) in [6.07, 6.45) is 2.35. The van der Waals surface area contributed by atoms with Gasteiger partial charge in [0, 0.05) is 14.7 Å². The van der Waals surface area contributed by atoms with Crippen LogP contribution in [0.2, 0.25) is 25.7 Å². The highest BCUT2D eigenvalue weighted by atomic mass is 28.3. The molecule has 0 fully saturated rings. The Kier molecular flexibility index (Phi) is 6.90. The van der Waals surface area contributed by atoms with Crippen LogP contribution in [0.15, 0.2) is 17.9 Å². The van der Waals surface area contributed by atoms with Crippen molar-refractivity contribution in [1.82, 2.24) is 0 Å². The zero-order valence-corrected chi connectivity index (χ0v) is 11.2. The van der Waals surface area contributed by atoms with E-state index in [0.29, 0.717) is 0 Å². The SMILES string of the molecule is C=C=C(COCCCC)C[Si](C)(C)C. The van der Waals surface area contributed by atoms with E-state index < -0.39 is 8.07 Å². The Morgan fingerprint density at radius 3 is 2.43 bits per heavy atom. The van der Waals surface area contributed by atoms with Gasteiger partial charge in [-0.3, -0.25) is 0 Å². The third-order valence-electron chi connectivity index (χ3n) is 1.91. The van der Waals surface area contributed by atoms with Gasteiger partial charge in [-0.05, 0) is 18.0 Å². The first-order valence-corrected chi connectivity index (χ1v) is 9.16. The lowest BCUT2D eigenvalue weighted by Gasteiger charge is -2.17. The van der Waals surface area contributed by atoms with Crippen LogP contribution in [0.25, 0.3) is 0 Å². The second-order valence-corrected chi connectivity index (χ2v) is 10.4. The second-order valence-electron chi connectivity index (χ2n) is 4.92. The second kappa shape index (κ2) is 7.05. The van der Waals surface area contributed by atoms with E-state index in [9.17, 15) is 0 Å². The van der Waals surface area contributed by atoms with Crippen molar-refractivity contribution in [3.05, 3.63) is 17.9 Å². The largest absolute Gasteiger partial charge is 0.376 e. The number of ether oxygens (including phenoxy) is 1. The molecule has 0 heterocycles. The van der Waals surface area contributed by atoms with E-state index in [-0.39, 0.29) is 0 Å². The van der Waals surface area contributed by atoms with Crippen molar-refractivity contribution in [2.24, 2.45) is 0 Å². The molecule has 0 N–H and O–H groups in total. The van der Waals surface area contributed by atoms with E-state index in [4.69, 9.17) is 4.74 Å². The van der Waals surface area contributed by atoms with Gasteiger partial charge in [0.15, 0.2) is 0 Å². The fraction of sp³-hybridized carbons (Fsp3) is 0.750. The fourth-order valence-corrected chi connectivity index (χ4v) is 2.75. The summed E-state index contributed by atoms with van der Waals surface area (Å²) in [4.78, 5) is 0. The number of rotatable bonds is 7. The van der Waals surface area contributed by atoms with E-state index in [1.807, 2.05) is 0 Å². The molecule has 1 nitrogen and oxygen atoms in total. The molecule has 0 aromatic rings. The smallest absolute Gasteiger partial charge is 0.0747 e. The molecule has 0 aliphatic carbocycles. The molecular formula is C12H24OSi. The molecule has 82 valence electrons. The van der Waals surface area contributed by atoms with Crippen molar-refractivity contribution >= 4 is 8.07 Å². The standard InChI is InChI=1S/C12H24OSi/c1-6-8-9-13-10-12(7-2)11-14(3,4)5/h2,6,8-11H2,1,3-5H3. The first-order chi connectivity index (χ1) is 6.49. The van der Waals surface area contributed by atoms with E-state index in [1.165, 1.54) is 12.0 Å². The highest BCUT2D eigenvalue weighted by Gasteiger charge is 2.15. The maximum absolute atomic E-state index is 5.56. The highest BCUT2D eigenvalue weighted by Crippen LogP contribution is 2.15. The molecule has 0 aromatic heterocycles. The van der Waals surface area contributed by atoms with Gasteiger partial charge in [-0.25, -0.2) is 0 Å². The Labute approximate surface area is 89.9 Å². The normalized spacial score (nSPS) is 11.1. The van der Waals surface area contributed by atoms with Crippen LogP contribution < -0.4 is 0 Å². The summed E-state index contributed by atoms with van der Waals surface area (Å²) in [7, 11) is -1.03. The van der Waals surface area contributed by atoms with Crippen molar-refractivity contribution in [2.75, 3.05) is 13.2 Å². The average Bonchev–Trinajstić information content (AvgIpc) is 2.08. The van der Waals surface area contributed by atoms with E-state index in [0.717, 1.165) is 25.7 Å². The minimum atomic E-state index is -1.03. The van der Waals surface area contributed by atoms with Gasteiger partial charge in [-0.2, -0.15) is 0 Å². The minimum Gasteiger partial charge on any atom is -0.376 e. The Morgan fingerprint density at radius 2 is 2.00 bits per heavy atom. The van der Waals surface area contributed by atoms with E-state index in [1.54, 1.807) is 0 Å². The summed E-state index contributed by atoms with van der Waals surface area (Å²) in [5, 5.41) is 0. The molecule has 2 heteroatoms. The molecular weight excluding hydrogens is 188 g/mol. The molecule has 0 amide bonds. The van der Waals surface area contributed by atoms with E-state index in [2.05, 4.69) is 38.9 Å². The predicted molar refractivity (Wildman–Crippen MR) is 66.5 cm³/mol. The van der Waals surface area contributed by atoms with Crippen molar-refractivity contribution in [1.29, 1.82) is 0 Å². The Balaban J connectivity index is 3.77. The molecule has 0 bridgehead atoms. The first kappa shape index (κ1) is 13.7. The van der Waals surface area contributed by atoms with Crippen LogP contribution in [0.5, 0.6) is 0 Å². The average molecular weight is 212 g/mol. The van der Waals surface area contributed by atoms with Gasteiger partial charge in [-0.15, -0.1) is 5.73 Å². The molecule has 0 aliphatic heterocycles. The van der Waals surface area contributed by atoms with Crippen LogP contribution >= 0.6 is 0 Å². The zero-order valence-electron chi connectivity index (χ0n) is 10.2. The first-order valence-electron chi connectivity index (χ1n) is 5.45. The lowest BCUT2D eigenvalue weighted by atomic mass is 10.3. The summed E-state index contributed by atoms with van der Waals surface area (Å²) in [5.41, 5.74) is 4.26. The molecule has 0 radical (unpaired) electrons. The minimum absolute atomic E-state index is 0.730. The van der Waals surface area contributed by atoms with Crippen molar-refractivity contribution in [2.45, 2.75) is 45.5 Å². The van der Waals surface area contributed by atoms with Crippen LogP contribution in [0, 0.1) is 0 Å². The quantitative estimate of drug-likeness (QED) is 0.354. The third-order valence-corrected chi connectivity index (χ3v) is 3.40. The van der Waals surface area contributed by atoms with Gasteiger partial charge in [0.25, 0.3) is 0 Å². The molecule has 0 saturated heterocycles. The predicted octanol–water partition coefficient (Wildman–Crippen LogP) is 3.85. The Morgan fingerprint density at radius 1 is 1.36 bits per heavy atom. The highest BCUT2D eigenvalue weighted by molar-refractivity contribution is 6.76. The maximum atomic E-state index is 5.56. The fourth-order valence-electron chi connectivity index (χ4n) is 1.25. The zero-order chi connectivity index (χ0) is 11.0. The lowest BCUT2D eigenvalue weighted by molar-refractivity contribution is 0.153. The Bertz CT molecular complexity index is 197. The summed E-state index contributed by atoms with van der Waals surface area (Å²) in [6, 6.07) is 1.16. The molecule has 0 spiro atoms. The monoisotopic (exact) mass is 212 g/mol. The van der Waals surface area contributed by atoms with Gasteiger partial charge in [0.2, 0.25) is 0 Å². The lowest BCUT2D eigenvalue weighted by Crippen LogP contribution is -2.21. The summed E-state index contributed by atoms with van der Waals surface area (Å²) in [5.74, 6) is 0. The van der Waals surface area contributed by atoms with Crippen molar-refractivity contribution < 1.29 is 4.74 Å². The van der Waals surface area contributed by atoms with Crippen LogP contribution in [0.1, 0.15) is 19.8 Å². The molecule has 0 aromatic carbocycles. The maximum Gasteiger partial charge on any atom is 0.0747 e. The molecule has 0 unspecified atom stereocenters. The summed E-state index contributed by atoms with van der Waals surface area (Å²) < 4.78 is 5.56. The number of unbranched alkanes of at least 4 members (excludes halogenated alkanes) is 1. The van der Waals surface area contributed by atoms with Crippen LogP contribution in [-0.4, -0.2) is 21.3 Å². The van der Waals surface area contributed by atoms with Gasteiger partial charge >= 0.3 is 0 Å². The molecule has 14 heavy (non-hydrogen) atoms. The van der Waals surface area contributed by atoms with Crippen molar-refractivity contribution in [3.63, 3.8) is 0 Å². The van der Waals surface area contributed by atoms with Gasteiger partial charge in [0.1, 0.15) is 0 Å². The van der Waals surface area contributed by atoms with Crippen molar-refractivity contribution in [3.8, 4) is 0 Å². The Hall–Kier alpha value is -0.303. The number of hydrogen-bond acceptors (Lipinski definition) is 1. The molecule has 0 atom stereocenters. The van der Waals surface area contributed by atoms with Crippen LogP contribution in [0.4, 0.5) is 0 Å². The van der Waals surface area contributed by atoms with Gasteiger partial charge in [0.05, 0.1) is 6.61 Å². The number of hydrogen-bond donors (Lipinski definition) is 0. The summed E-state index contributed by atoms with van der Waals surface area (Å²) >= 11 is 0. The van der Waals surface area contributed by atoms with Crippen LogP contribution in [-0.2, 0) is 4.74 Å². The topological polar surface area (TPSA) is 9.23 Å². The van der Waals surface area contributed by atoms with Gasteiger partial charge < -0.3 is 4.74 Å². The van der Waals surface area contributed by atoms with Crippen LogP contribution in [0.3, 0.4) is 0 Å². The third kappa shape index (κ3) is 8.30. The molecule has 0 aliphatic rings.